The summed E-state index contributed by atoms with van der Waals surface area (Å²) in [6, 6.07) is 0. The van der Waals surface area contributed by atoms with Crippen LogP contribution in [-0.2, 0) is 6.42 Å². The quantitative estimate of drug-likeness (QED) is 0.603. The van der Waals surface area contributed by atoms with E-state index in [2.05, 4.69) is 20.8 Å². The fourth-order valence-corrected chi connectivity index (χ4v) is 0.905. The van der Waals surface area contributed by atoms with Crippen LogP contribution in [0.1, 0.15) is 37.7 Å². The Morgan fingerprint density at radius 2 is 1.82 bits per heavy atom. The average Bonchev–Trinajstić information content (AvgIpc) is 2.37. The second-order valence-electron chi connectivity index (χ2n) is 2.32. The molecule has 0 saturated heterocycles. The third kappa shape index (κ3) is 2.41. The van der Waals surface area contributed by atoms with Crippen molar-refractivity contribution < 1.29 is 4.42 Å². The van der Waals surface area contributed by atoms with E-state index in [9.17, 15) is 0 Å². The molecule has 1 heteroatoms. The highest BCUT2D eigenvalue weighted by Crippen LogP contribution is 2.14. The smallest absolute Gasteiger partial charge is 0.106 e. The van der Waals surface area contributed by atoms with E-state index in [1.165, 1.54) is 11.1 Å². The van der Waals surface area contributed by atoms with E-state index in [4.69, 9.17) is 4.42 Å². The van der Waals surface area contributed by atoms with Gasteiger partial charge in [0.05, 0.1) is 6.26 Å². The van der Waals surface area contributed by atoms with Crippen molar-refractivity contribution in [3.8, 4) is 0 Å². The normalized spacial score (nSPS) is 8.82. The Bertz CT molecular complexity index is 199. The molecular formula is C10H18O. The molecule has 1 rings (SSSR count). The van der Waals surface area contributed by atoms with E-state index in [0.717, 1.165) is 12.2 Å². The lowest BCUT2D eigenvalue weighted by Gasteiger charge is -1.89. The van der Waals surface area contributed by atoms with E-state index in [1.54, 1.807) is 0 Å². The highest BCUT2D eigenvalue weighted by atomic mass is 16.3. The highest BCUT2D eigenvalue weighted by molar-refractivity contribution is 5.24. The first-order valence-corrected chi connectivity index (χ1v) is 4.29. The summed E-state index contributed by atoms with van der Waals surface area (Å²) in [5.41, 5.74) is 2.56. The van der Waals surface area contributed by atoms with Crippen LogP contribution in [0.3, 0.4) is 0 Å². The second kappa shape index (κ2) is 5.00. The first kappa shape index (κ1) is 10.3. The molecule has 1 nitrogen and oxygen atoms in total. The Balaban J connectivity index is 0.000000461. The van der Waals surface area contributed by atoms with Crippen molar-refractivity contribution in [1.29, 1.82) is 0 Å². The molecule has 0 N–H and O–H groups in total. The molecule has 0 bridgehead atoms. The molecule has 1 aromatic rings. The minimum Gasteiger partial charge on any atom is -0.469 e. The maximum Gasteiger partial charge on any atom is 0.106 e. The molecular weight excluding hydrogens is 136 g/mol. The van der Waals surface area contributed by atoms with Gasteiger partial charge >= 0.3 is 0 Å². The van der Waals surface area contributed by atoms with E-state index in [0.29, 0.717) is 0 Å². The van der Waals surface area contributed by atoms with Gasteiger partial charge in [-0.25, -0.2) is 0 Å². The Morgan fingerprint density at radius 1 is 1.27 bits per heavy atom. The third-order valence-electron chi connectivity index (χ3n) is 1.71. The third-order valence-corrected chi connectivity index (χ3v) is 1.71. The van der Waals surface area contributed by atoms with Crippen LogP contribution in [0, 0.1) is 13.8 Å². The molecule has 0 unspecified atom stereocenters. The van der Waals surface area contributed by atoms with Crippen molar-refractivity contribution in [2.75, 3.05) is 0 Å². The van der Waals surface area contributed by atoms with E-state index in [1.807, 2.05) is 20.1 Å². The molecule has 64 valence electrons. The number of hydrogen-bond donors (Lipinski definition) is 0. The monoisotopic (exact) mass is 154 g/mol. The largest absolute Gasteiger partial charge is 0.469 e. The topological polar surface area (TPSA) is 13.1 Å². The van der Waals surface area contributed by atoms with Crippen LogP contribution < -0.4 is 0 Å². The van der Waals surface area contributed by atoms with Gasteiger partial charge in [-0.3, -0.25) is 0 Å². The van der Waals surface area contributed by atoms with Gasteiger partial charge in [0.15, 0.2) is 0 Å². The summed E-state index contributed by atoms with van der Waals surface area (Å²) in [5, 5.41) is 0. The molecule has 0 radical (unpaired) electrons. The van der Waals surface area contributed by atoms with Gasteiger partial charge in [-0.15, -0.1) is 0 Å². The summed E-state index contributed by atoms with van der Waals surface area (Å²) in [6.45, 7) is 10.3. The van der Waals surface area contributed by atoms with Gasteiger partial charge in [0.25, 0.3) is 0 Å². The van der Waals surface area contributed by atoms with Crippen molar-refractivity contribution in [2.24, 2.45) is 0 Å². The van der Waals surface area contributed by atoms with Crippen LogP contribution in [0.25, 0.3) is 0 Å². The molecule has 0 amide bonds. The Morgan fingerprint density at radius 3 is 2.00 bits per heavy atom. The molecule has 0 aromatic carbocycles. The van der Waals surface area contributed by atoms with E-state index < -0.39 is 0 Å². The lowest BCUT2D eigenvalue weighted by molar-refractivity contribution is 0.512. The van der Waals surface area contributed by atoms with Gasteiger partial charge in [-0.2, -0.15) is 0 Å². The minimum atomic E-state index is 1.000. The van der Waals surface area contributed by atoms with Crippen molar-refractivity contribution in [3.05, 3.63) is 23.2 Å². The molecule has 0 spiro atoms. The maximum atomic E-state index is 5.24. The fraction of sp³-hybridized carbons (Fsp3) is 0.600. The van der Waals surface area contributed by atoms with Crippen LogP contribution >= 0.6 is 0 Å². The zero-order valence-corrected chi connectivity index (χ0v) is 8.19. The SMILES string of the molecule is CC.CCc1occ(C)c1C. The van der Waals surface area contributed by atoms with Gasteiger partial charge in [-0.1, -0.05) is 20.8 Å². The summed E-state index contributed by atoms with van der Waals surface area (Å²) >= 11 is 0. The molecule has 0 aliphatic rings. The van der Waals surface area contributed by atoms with Gasteiger partial charge in [0.2, 0.25) is 0 Å². The summed E-state index contributed by atoms with van der Waals surface area (Å²) < 4.78 is 5.24. The van der Waals surface area contributed by atoms with Crippen LogP contribution in [0.5, 0.6) is 0 Å². The van der Waals surface area contributed by atoms with Crippen LogP contribution in [-0.4, -0.2) is 0 Å². The summed E-state index contributed by atoms with van der Waals surface area (Å²) in [4.78, 5) is 0. The van der Waals surface area contributed by atoms with E-state index in [-0.39, 0.29) is 0 Å². The minimum absolute atomic E-state index is 1.000. The highest BCUT2D eigenvalue weighted by Gasteiger charge is 2.01. The number of hydrogen-bond acceptors (Lipinski definition) is 1. The zero-order valence-electron chi connectivity index (χ0n) is 8.19. The molecule has 0 aliphatic carbocycles. The fourth-order valence-electron chi connectivity index (χ4n) is 0.905. The molecule has 1 heterocycles. The molecule has 0 saturated carbocycles. The number of furan rings is 1. The summed E-state index contributed by atoms with van der Waals surface area (Å²) in [6.07, 6.45) is 2.81. The Kier molecular flexibility index (Phi) is 4.67. The predicted octanol–water partition coefficient (Wildman–Crippen LogP) is 3.49. The summed E-state index contributed by atoms with van der Waals surface area (Å²) in [5.74, 6) is 1.12. The predicted molar refractivity (Wildman–Crippen MR) is 48.9 cm³/mol. The van der Waals surface area contributed by atoms with Gasteiger partial charge in [0.1, 0.15) is 5.76 Å². The zero-order chi connectivity index (χ0) is 8.85. The standard InChI is InChI=1S/C8H12O.C2H6/c1-4-8-7(3)6(2)5-9-8;1-2/h5H,4H2,1-3H3;1-2H3. The lowest BCUT2D eigenvalue weighted by atomic mass is 10.2. The summed E-state index contributed by atoms with van der Waals surface area (Å²) in [7, 11) is 0. The van der Waals surface area contributed by atoms with Gasteiger partial charge < -0.3 is 4.42 Å². The first-order valence-electron chi connectivity index (χ1n) is 4.29. The molecule has 0 fully saturated rings. The van der Waals surface area contributed by atoms with Crippen molar-refractivity contribution in [2.45, 2.75) is 41.0 Å². The van der Waals surface area contributed by atoms with Crippen molar-refractivity contribution in [3.63, 3.8) is 0 Å². The van der Waals surface area contributed by atoms with Crippen LogP contribution in [0.15, 0.2) is 10.7 Å². The molecule has 0 atom stereocenters. The molecule has 0 aliphatic heterocycles. The number of rotatable bonds is 1. The number of aryl methyl sites for hydroxylation is 2. The molecule has 1 aromatic heterocycles. The Hall–Kier alpha value is -0.720. The second-order valence-corrected chi connectivity index (χ2v) is 2.32. The van der Waals surface area contributed by atoms with E-state index >= 15 is 0 Å². The van der Waals surface area contributed by atoms with Crippen LogP contribution in [0.2, 0.25) is 0 Å². The van der Waals surface area contributed by atoms with Crippen molar-refractivity contribution in [1.82, 2.24) is 0 Å². The average molecular weight is 154 g/mol. The van der Waals surface area contributed by atoms with Crippen LogP contribution in [0.4, 0.5) is 0 Å². The van der Waals surface area contributed by atoms with Gasteiger partial charge in [0, 0.05) is 6.42 Å². The van der Waals surface area contributed by atoms with Crippen molar-refractivity contribution >= 4 is 0 Å². The first-order chi connectivity index (χ1) is 5.25. The Labute approximate surface area is 69.4 Å². The van der Waals surface area contributed by atoms with Gasteiger partial charge in [-0.05, 0) is 25.0 Å². The maximum absolute atomic E-state index is 5.24. The lowest BCUT2D eigenvalue weighted by Crippen LogP contribution is -1.78. The molecule has 11 heavy (non-hydrogen) atoms.